The van der Waals surface area contributed by atoms with Crippen LogP contribution in [0.25, 0.3) is 0 Å². The molecule has 0 aliphatic carbocycles. The molecule has 0 amide bonds. The minimum absolute atomic E-state index is 0.0482. The summed E-state index contributed by atoms with van der Waals surface area (Å²) < 4.78 is 23.4. The summed E-state index contributed by atoms with van der Waals surface area (Å²) in [5.74, 6) is 0. The van der Waals surface area contributed by atoms with Crippen LogP contribution in [0.15, 0.2) is 17.3 Å². The van der Waals surface area contributed by atoms with E-state index in [2.05, 4.69) is 10.4 Å². The minimum atomic E-state index is -3.63. The topological polar surface area (TPSA) is 90.0 Å². The highest BCUT2D eigenvalue weighted by molar-refractivity contribution is 7.89. The van der Waals surface area contributed by atoms with Crippen LogP contribution < -0.4 is 10.5 Å². The molecule has 0 aliphatic rings. The zero-order valence-electron chi connectivity index (χ0n) is 8.84. The molecule has 6 nitrogen and oxygen atoms in total. The quantitative estimate of drug-likeness (QED) is 0.718. The van der Waals surface area contributed by atoms with E-state index >= 15 is 0 Å². The Bertz CT molecular complexity index is 410. The largest absolute Gasteiger partial charge is 0.313 e. The van der Waals surface area contributed by atoms with Crippen molar-refractivity contribution in [1.29, 1.82) is 0 Å². The van der Waals surface area contributed by atoms with Gasteiger partial charge in [-0.25, -0.2) is 13.6 Å². The highest BCUT2D eigenvalue weighted by Crippen LogP contribution is 2.03. The first-order valence-electron chi connectivity index (χ1n) is 4.68. The van der Waals surface area contributed by atoms with Crippen molar-refractivity contribution in [1.82, 2.24) is 15.1 Å². The van der Waals surface area contributed by atoms with Gasteiger partial charge < -0.3 is 5.32 Å². The van der Waals surface area contributed by atoms with Gasteiger partial charge in [-0.2, -0.15) is 5.10 Å². The maximum atomic E-state index is 10.9. The van der Waals surface area contributed by atoms with Crippen molar-refractivity contribution in [2.45, 2.75) is 31.3 Å². The van der Waals surface area contributed by atoms with Crippen LogP contribution in [-0.2, 0) is 16.6 Å². The van der Waals surface area contributed by atoms with Gasteiger partial charge in [-0.3, -0.25) is 4.68 Å². The summed E-state index contributed by atoms with van der Waals surface area (Å²) in [5, 5.41) is 12.0. The molecule has 0 aromatic carbocycles. The SMILES string of the molecule is CC(C)NCCn1cc(S(N)(=O)=O)cn1. The van der Waals surface area contributed by atoms with Gasteiger partial charge in [0.05, 0.1) is 12.7 Å². The van der Waals surface area contributed by atoms with Crippen LogP contribution in [0.4, 0.5) is 0 Å². The van der Waals surface area contributed by atoms with Gasteiger partial charge in [-0.1, -0.05) is 13.8 Å². The summed E-state index contributed by atoms with van der Waals surface area (Å²) in [6.45, 7) is 5.44. The molecule has 1 heterocycles. The fraction of sp³-hybridized carbons (Fsp3) is 0.625. The monoisotopic (exact) mass is 232 g/mol. The Morgan fingerprint density at radius 3 is 2.73 bits per heavy atom. The van der Waals surface area contributed by atoms with Crippen molar-refractivity contribution in [2.75, 3.05) is 6.54 Å². The number of aromatic nitrogens is 2. The Labute approximate surface area is 89.5 Å². The molecule has 0 atom stereocenters. The molecule has 7 heteroatoms. The highest BCUT2D eigenvalue weighted by atomic mass is 32.2. The van der Waals surface area contributed by atoms with Crippen molar-refractivity contribution in [2.24, 2.45) is 5.14 Å². The van der Waals surface area contributed by atoms with E-state index in [1.165, 1.54) is 12.4 Å². The highest BCUT2D eigenvalue weighted by Gasteiger charge is 2.09. The normalized spacial score (nSPS) is 12.3. The molecular formula is C8H16N4O2S. The number of sulfonamides is 1. The van der Waals surface area contributed by atoms with Crippen molar-refractivity contribution in [3.05, 3.63) is 12.4 Å². The van der Waals surface area contributed by atoms with Gasteiger partial charge in [-0.15, -0.1) is 0 Å². The van der Waals surface area contributed by atoms with E-state index in [1.807, 2.05) is 13.8 Å². The van der Waals surface area contributed by atoms with Gasteiger partial charge in [0.15, 0.2) is 0 Å². The number of primary sulfonamides is 1. The first kappa shape index (κ1) is 12.2. The van der Waals surface area contributed by atoms with E-state index in [0.717, 1.165) is 6.54 Å². The maximum absolute atomic E-state index is 10.9. The van der Waals surface area contributed by atoms with Crippen molar-refractivity contribution in [3.63, 3.8) is 0 Å². The second-order valence-electron chi connectivity index (χ2n) is 3.59. The summed E-state index contributed by atoms with van der Waals surface area (Å²) in [6.07, 6.45) is 2.68. The Hall–Kier alpha value is -0.920. The molecule has 0 radical (unpaired) electrons. The molecule has 1 aromatic heterocycles. The Kier molecular flexibility index (Phi) is 3.83. The molecule has 3 N–H and O–H groups in total. The number of rotatable bonds is 5. The number of nitrogens with zero attached hydrogens (tertiary/aromatic N) is 2. The molecule has 0 saturated carbocycles. The lowest BCUT2D eigenvalue weighted by Gasteiger charge is -2.07. The van der Waals surface area contributed by atoms with Gasteiger partial charge in [0, 0.05) is 18.8 Å². The summed E-state index contributed by atoms with van der Waals surface area (Å²) in [7, 11) is -3.63. The average molecular weight is 232 g/mol. The van der Waals surface area contributed by atoms with Crippen LogP contribution in [0.3, 0.4) is 0 Å². The van der Waals surface area contributed by atoms with Gasteiger partial charge in [0.25, 0.3) is 0 Å². The molecule has 1 aromatic rings. The molecule has 0 bridgehead atoms. The zero-order valence-corrected chi connectivity index (χ0v) is 9.66. The van der Waals surface area contributed by atoms with Crippen LogP contribution in [0, 0.1) is 0 Å². The fourth-order valence-electron chi connectivity index (χ4n) is 1.08. The van der Waals surface area contributed by atoms with E-state index in [1.54, 1.807) is 4.68 Å². The molecule has 0 saturated heterocycles. The summed E-state index contributed by atoms with van der Waals surface area (Å²) in [6, 6.07) is 0.401. The third-order valence-electron chi connectivity index (χ3n) is 1.83. The molecule has 1 rings (SSSR count). The van der Waals surface area contributed by atoms with Crippen LogP contribution in [0.1, 0.15) is 13.8 Å². The number of hydrogen-bond acceptors (Lipinski definition) is 4. The summed E-state index contributed by atoms with van der Waals surface area (Å²) >= 11 is 0. The van der Waals surface area contributed by atoms with Crippen molar-refractivity contribution >= 4 is 10.0 Å². The first-order valence-corrected chi connectivity index (χ1v) is 6.23. The average Bonchev–Trinajstić information content (AvgIpc) is 2.51. The molecule has 0 aliphatic heterocycles. The second kappa shape index (κ2) is 4.73. The summed E-state index contributed by atoms with van der Waals surface area (Å²) in [5.41, 5.74) is 0. The van der Waals surface area contributed by atoms with E-state index in [9.17, 15) is 8.42 Å². The van der Waals surface area contributed by atoms with Crippen LogP contribution in [0.2, 0.25) is 0 Å². The molecule has 0 spiro atoms. The minimum Gasteiger partial charge on any atom is -0.313 e. The number of hydrogen-bond donors (Lipinski definition) is 2. The summed E-state index contributed by atoms with van der Waals surface area (Å²) in [4.78, 5) is 0.0482. The lowest BCUT2D eigenvalue weighted by atomic mass is 10.4. The molecule has 15 heavy (non-hydrogen) atoms. The van der Waals surface area contributed by atoms with Gasteiger partial charge in [-0.05, 0) is 0 Å². The van der Waals surface area contributed by atoms with Gasteiger partial charge in [0.2, 0.25) is 10.0 Å². The van der Waals surface area contributed by atoms with Crippen molar-refractivity contribution < 1.29 is 8.42 Å². The maximum Gasteiger partial charge on any atom is 0.241 e. The molecular weight excluding hydrogens is 216 g/mol. The third-order valence-corrected chi connectivity index (χ3v) is 2.70. The lowest BCUT2D eigenvalue weighted by molar-refractivity contribution is 0.515. The molecule has 0 fully saturated rings. The van der Waals surface area contributed by atoms with E-state index in [0.29, 0.717) is 12.6 Å². The zero-order chi connectivity index (χ0) is 11.5. The smallest absolute Gasteiger partial charge is 0.241 e. The predicted molar refractivity (Wildman–Crippen MR) is 56.7 cm³/mol. The second-order valence-corrected chi connectivity index (χ2v) is 5.15. The van der Waals surface area contributed by atoms with Crippen LogP contribution >= 0.6 is 0 Å². The predicted octanol–water partition coefficient (Wildman–Crippen LogP) is -0.471. The fourth-order valence-corrected chi connectivity index (χ4v) is 1.54. The Morgan fingerprint density at radius 1 is 1.60 bits per heavy atom. The van der Waals surface area contributed by atoms with Crippen molar-refractivity contribution in [3.8, 4) is 0 Å². The van der Waals surface area contributed by atoms with E-state index < -0.39 is 10.0 Å². The van der Waals surface area contributed by atoms with E-state index in [-0.39, 0.29) is 4.90 Å². The molecule has 0 unspecified atom stereocenters. The first-order chi connectivity index (χ1) is 6.89. The van der Waals surface area contributed by atoms with Gasteiger partial charge in [0.1, 0.15) is 4.90 Å². The number of nitrogens with two attached hydrogens (primary N) is 1. The molecule has 86 valence electrons. The Morgan fingerprint density at radius 2 is 2.27 bits per heavy atom. The van der Waals surface area contributed by atoms with E-state index in [4.69, 9.17) is 5.14 Å². The van der Waals surface area contributed by atoms with Crippen LogP contribution in [0.5, 0.6) is 0 Å². The van der Waals surface area contributed by atoms with Crippen LogP contribution in [-0.4, -0.2) is 30.8 Å². The third kappa shape index (κ3) is 3.98. The lowest BCUT2D eigenvalue weighted by Crippen LogP contribution is -2.26. The Balaban J connectivity index is 2.54. The standard InChI is InChI=1S/C8H16N4O2S/c1-7(2)10-3-4-12-6-8(5-11-12)15(9,13)14/h5-7,10H,3-4H2,1-2H3,(H2,9,13,14). The van der Waals surface area contributed by atoms with Gasteiger partial charge >= 0.3 is 0 Å². The number of nitrogens with one attached hydrogen (secondary N) is 1.